The van der Waals surface area contributed by atoms with Crippen LogP contribution in [0.5, 0.6) is 0 Å². The molecule has 0 saturated carbocycles. The van der Waals surface area contributed by atoms with Crippen molar-refractivity contribution >= 4 is 32.3 Å². The molecule has 0 heterocycles. The van der Waals surface area contributed by atoms with Gasteiger partial charge in [-0.05, 0) is 141 Å². The van der Waals surface area contributed by atoms with Crippen LogP contribution in [-0.4, -0.2) is 0 Å². The minimum absolute atomic E-state index is 1.27. The van der Waals surface area contributed by atoms with E-state index in [1.165, 1.54) is 110 Å². The molecule has 0 fully saturated rings. The lowest BCUT2D eigenvalue weighted by Gasteiger charge is -2.19. The van der Waals surface area contributed by atoms with Crippen molar-refractivity contribution in [3.05, 3.63) is 167 Å². The van der Waals surface area contributed by atoms with E-state index in [2.05, 4.69) is 175 Å². The first-order chi connectivity index (χ1) is 23.3. The molecule has 8 aromatic carbocycles. The number of hydrogen-bond donors (Lipinski definition) is 0. The fourth-order valence-electron chi connectivity index (χ4n) is 8.48. The van der Waals surface area contributed by atoms with Crippen LogP contribution >= 0.6 is 0 Å². The maximum absolute atomic E-state index is 2.35. The van der Waals surface area contributed by atoms with Crippen molar-refractivity contribution < 1.29 is 0 Å². The lowest BCUT2D eigenvalue weighted by atomic mass is 9.84. The highest BCUT2D eigenvalue weighted by Gasteiger charge is 2.18. The lowest BCUT2D eigenvalue weighted by molar-refractivity contribution is 1.32. The molecule has 0 aliphatic heterocycles. The zero-order chi connectivity index (χ0) is 33.1. The summed E-state index contributed by atoms with van der Waals surface area (Å²) in [6.07, 6.45) is 0. The Morgan fingerprint density at radius 2 is 0.458 bits per heavy atom. The summed E-state index contributed by atoms with van der Waals surface area (Å²) in [6, 6.07) is 50.0. The van der Waals surface area contributed by atoms with Gasteiger partial charge in [-0.1, -0.05) is 145 Å². The van der Waals surface area contributed by atoms with E-state index in [1.54, 1.807) is 0 Å². The molecule has 0 radical (unpaired) electrons. The van der Waals surface area contributed by atoms with Gasteiger partial charge in [0, 0.05) is 0 Å². The molecule has 8 aromatic rings. The molecule has 0 spiro atoms. The van der Waals surface area contributed by atoms with Crippen LogP contribution < -0.4 is 0 Å². The van der Waals surface area contributed by atoms with Crippen molar-refractivity contribution in [2.75, 3.05) is 0 Å². The summed E-state index contributed by atoms with van der Waals surface area (Å²) in [5.74, 6) is 0. The molecule has 0 unspecified atom stereocenters. The topological polar surface area (TPSA) is 0 Å². The van der Waals surface area contributed by atoms with Crippen LogP contribution in [0.3, 0.4) is 0 Å². The van der Waals surface area contributed by atoms with E-state index in [-0.39, 0.29) is 0 Å². The van der Waals surface area contributed by atoms with E-state index >= 15 is 0 Å². The quantitative estimate of drug-likeness (QED) is 0.185. The fraction of sp³-hybridized carbons (Fsp3) is 0.125. The normalized spacial score (nSPS) is 11.5. The van der Waals surface area contributed by atoms with Crippen molar-refractivity contribution in [1.29, 1.82) is 0 Å². The molecule has 0 amide bonds. The second-order valence-electron chi connectivity index (χ2n) is 13.7. The minimum Gasteiger partial charge on any atom is -0.0616 e. The van der Waals surface area contributed by atoms with Gasteiger partial charge in [0.15, 0.2) is 0 Å². The van der Waals surface area contributed by atoms with E-state index in [9.17, 15) is 0 Å². The molecule has 0 N–H and O–H groups in total. The monoisotopic (exact) mass is 616 g/mol. The number of aryl methyl sites for hydroxylation is 6. The maximum Gasteiger partial charge on any atom is -0.00987 e. The number of rotatable bonds is 4. The van der Waals surface area contributed by atoms with E-state index in [1.807, 2.05) is 0 Å². The Kier molecular flexibility index (Phi) is 7.26. The summed E-state index contributed by atoms with van der Waals surface area (Å²) in [6.45, 7) is 13.3. The second-order valence-corrected chi connectivity index (χ2v) is 13.7. The summed E-state index contributed by atoms with van der Waals surface area (Å²) in [5.41, 5.74) is 18.3. The zero-order valence-electron chi connectivity index (χ0n) is 28.7. The van der Waals surface area contributed by atoms with Crippen LogP contribution in [0.15, 0.2) is 133 Å². The van der Waals surface area contributed by atoms with Crippen LogP contribution in [-0.2, 0) is 0 Å². The largest absolute Gasteiger partial charge is 0.0616 e. The molecule has 8 rings (SSSR count). The molecule has 48 heavy (non-hydrogen) atoms. The van der Waals surface area contributed by atoms with E-state index < -0.39 is 0 Å². The van der Waals surface area contributed by atoms with Crippen LogP contribution in [0.25, 0.3) is 76.8 Å². The van der Waals surface area contributed by atoms with Gasteiger partial charge in [-0.15, -0.1) is 0 Å². The molecule has 232 valence electrons. The third-order valence-electron chi connectivity index (χ3n) is 10.2. The van der Waals surface area contributed by atoms with Crippen molar-refractivity contribution in [3.63, 3.8) is 0 Å². The summed E-state index contributed by atoms with van der Waals surface area (Å²) >= 11 is 0. The molecule has 0 bridgehead atoms. The van der Waals surface area contributed by atoms with E-state index in [4.69, 9.17) is 0 Å². The van der Waals surface area contributed by atoms with Gasteiger partial charge in [-0.25, -0.2) is 0 Å². The highest BCUT2D eigenvalue weighted by Crippen LogP contribution is 2.44. The predicted molar refractivity (Wildman–Crippen MR) is 209 cm³/mol. The number of hydrogen-bond acceptors (Lipinski definition) is 0. The Labute approximate surface area is 284 Å². The molecular formula is C48H40. The second kappa shape index (κ2) is 11.7. The average molecular weight is 617 g/mol. The van der Waals surface area contributed by atoms with Gasteiger partial charge in [0.2, 0.25) is 0 Å². The van der Waals surface area contributed by atoms with Crippen LogP contribution in [0.1, 0.15) is 33.4 Å². The average Bonchev–Trinajstić information content (AvgIpc) is 3.07. The van der Waals surface area contributed by atoms with Crippen molar-refractivity contribution in [2.45, 2.75) is 41.5 Å². The van der Waals surface area contributed by atoms with Gasteiger partial charge < -0.3 is 0 Å². The lowest BCUT2D eigenvalue weighted by Crippen LogP contribution is -1.94. The molecule has 0 aliphatic carbocycles. The maximum atomic E-state index is 2.35. The smallest absolute Gasteiger partial charge is 0.00987 e. The first-order valence-electron chi connectivity index (χ1n) is 17.0. The Morgan fingerprint density at radius 1 is 0.250 bits per heavy atom. The summed E-state index contributed by atoms with van der Waals surface area (Å²) in [5, 5.41) is 7.70. The molecule has 0 atom stereocenters. The van der Waals surface area contributed by atoms with Crippen molar-refractivity contribution in [1.82, 2.24) is 0 Å². The summed E-state index contributed by atoms with van der Waals surface area (Å²) in [4.78, 5) is 0. The third-order valence-corrected chi connectivity index (χ3v) is 10.2. The molecule has 0 aliphatic rings. The summed E-state index contributed by atoms with van der Waals surface area (Å²) in [7, 11) is 0. The third kappa shape index (κ3) is 4.83. The van der Waals surface area contributed by atoms with Gasteiger partial charge >= 0.3 is 0 Å². The van der Waals surface area contributed by atoms with Gasteiger partial charge in [-0.2, -0.15) is 0 Å². The van der Waals surface area contributed by atoms with Crippen molar-refractivity contribution in [2.24, 2.45) is 0 Å². The summed E-state index contributed by atoms with van der Waals surface area (Å²) < 4.78 is 0. The van der Waals surface area contributed by atoms with Crippen LogP contribution in [0, 0.1) is 41.5 Å². The van der Waals surface area contributed by atoms with Crippen LogP contribution in [0.4, 0.5) is 0 Å². The molecule has 0 nitrogen and oxygen atoms in total. The molecule has 0 aromatic heterocycles. The van der Waals surface area contributed by atoms with Gasteiger partial charge in [0.05, 0.1) is 0 Å². The van der Waals surface area contributed by atoms with Crippen LogP contribution in [0.2, 0.25) is 0 Å². The predicted octanol–water partition coefficient (Wildman–Crippen LogP) is 13.7. The Hall–Kier alpha value is -5.46. The Bertz CT molecular complexity index is 2340. The SMILES string of the molecule is Cc1cc(C)c(-c2ccc(-c3ccc(-c4ccc(-c5c(C)cc(C)cc5C)c5ccccc45)c4ccccc34)c3ccccc23)c(C)c1. The van der Waals surface area contributed by atoms with E-state index in [0.717, 1.165) is 0 Å². The van der Waals surface area contributed by atoms with Gasteiger partial charge in [-0.3, -0.25) is 0 Å². The number of fused-ring (bicyclic) bond motifs is 3. The number of benzene rings is 8. The highest BCUT2D eigenvalue weighted by atomic mass is 14.2. The Morgan fingerprint density at radius 3 is 0.708 bits per heavy atom. The van der Waals surface area contributed by atoms with Crippen molar-refractivity contribution in [3.8, 4) is 44.5 Å². The standard InChI is InChI=1S/C48H40/c1-29-25-31(3)47(32(4)26-29)45-23-21-43(37-15-9-11-17-39(37)45)41-19-20-42(36-14-8-7-13-35(36)41)44-22-24-46(40-18-12-10-16-38(40)44)48-33(5)27-30(2)28-34(48)6/h7-28H,1-6H3. The minimum atomic E-state index is 1.27. The molecule has 0 saturated heterocycles. The fourth-order valence-corrected chi connectivity index (χ4v) is 8.48. The van der Waals surface area contributed by atoms with Gasteiger partial charge in [0.25, 0.3) is 0 Å². The first kappa shape index (κ1) is 29.9. The highest BCUT2D eigenvalue weighted by molar-refractivity contribution is 6.15. The first-order valence-corrected chi connectivity index (χ1v) is 17.0. The van der Waals surface area contributed by atoms with Gasteiger partial charge in [0.1, 0.15) is 0 Å². The molecule has 0 heteroatoms. The molecular weight excluding hydrogens is 577 g/mol. The zero-order valence-corrected chi connectivity index (χ0v) is 28.7. The van der Waals surface area contributed by atoms with E-state index in [0.29, 0.717) is 0 Å². The Balaban J connectivity index is 1.33.